The molecule has 0 heterocycles. The first-order valence-electron chi connectivity index (χ1n) is 4.31. The lowest BCUT2D eigenvalue weighted by molar-refractivity contribution is 0.0464. The molecule has 0 spiro atoms. The van der Waals surface area contributed by atoms with E-state index >= 15 is 0 Å². The molecule has 0 saturated heterocycles. The largest absolute Gasteiger partial charge is 0.353 e. The van der Waals surface area contributed by atoms with Gasteiger partial charge in [0, 0.05) is 17.3 Å². The number of allylic oxidation sites excluding steroid dienone is 2. The lowest BCUT2D eigenvalue weighted by Gasteiger charge is -2.31. The van der Waals surface area contributed by atoms with Crippen LogP contribution < -0.4 is 0 Å². The van der Waals surface area contributed by atoms with Crippen molar-refractivity contribution in [3.8, 4) is 6.07 Å². The summed E-state index contributed by atoms with van der Waals surface area (Å²) in [7, 11) is 1.31. The van der Waals surface area contributed by atoms with E-state index in [4.69, 9.17) is 20.7 Å². The first-order valence-corrected chi connectivity index (χ1v) is 6.62. The van der Waals surface area contributed by atoms with Crippen LogP contribution in [0.5, 0.6) is 0 Å². The molecule has 2 unspecified atom stereocenters. The third-order valence-corrected chi connectivity index (χ3v) is 4.06. The highest BCUT2D eigenvalue weighted by Gasteiger charge is 2.49. The maximum absolute atomic E-state index is 11.5. The highest BCUT2D eigenvalue weighted by atomic mass is 35.7. The normalized spacial score (nSPS) is 30.1. The molecule has 0 aromatic heterocycles. The first kappa shape index (κ1) is 12.2. The number of hydrogen-bond acceptors (Lipinski definition) is 4. The van der Waals surface area contributed by atoms with Gasteiger partial charge in [0.25, 0.3) is 9.05 Å². The van der Waals surface area contributed by atoms with Crippen LogP contribution >= 0.6 is 10.7 Å². The maximum Gasteiger partial charge on any atom is 0.267 e. The van der Waals surface area contributed by atoms with E-state index in [0.717, 1.165) is 0 Å². The second-order valence-electron chi connectivity index (χ2n) is 2.94. The van der Waals surface area contributed by atoms with E-state index in [0.29, 0.717) is 0 Å². The molecule has 4 nitrogen and oxygen atoms in total. The van der Waals surface area contributed by atoms with E-state index in [1.54, 1.807) is 13.0 Å². The Morgan fingerprint density at radius 2 is 2.27 bits per heavy atom. The molecule has 0 amide bonds. The van der Waals surface area contributed by atoms with Crippen molar-refractivity contribution in [3.05, 3.63) is 24.3 Å². The predicted molar refractivity (Wildman–Crippen MR) is 56.5 cm³/mol. The molecule has 0 saturated carbocycles. The van der Waals surface area contributed by atoms with Gasteiger partial charge in [0.1, 0.15) is 5.92 Å². The van der Waals surface area contributed by atoms with Gasteiger partial charge in [-0.15, -0.1) is 0 Å². The molecule has 0 aromatic carbocycles. The number of nitriles is 1. The standard InChI is InChI=1S/C9H10ClNO3S/c1-2-14-9(15(10,12)13)6-4-3-5-8(9)7-11/h3-6,8H,2H2,1H3. The summed E-state index contributed by atoms with van der Waals surface area (Å²) in [6.45, 7) is 1.80. The zero-order valence-electron chi connectivity index (χ0n) is 8.05. The fourth-order valence-corrected chi connectivity index (χ4v) is 2.91. The Morgan fingerprint density at radius 3 is 2.73 bits per heavy atom. The molecular formula is C9H10ClNO3S. The third-order valence-electron chi connectivity index (χ3n) is 2.07. The van der Waals surface area contributed by atoms with Gasteiger partial charge < -0.3 is 4.74 Å². The van der Waals surface area contributed by atoms with Gasteiger partial charge in [0.05, 0.1) is 6.07 Å². The fourth-order valence-electron chi connectivity index (χ4n) is 1.40. The first-order chi connectivity index (χ1) is 6.98. The molecule has 0 aliphatic heterocycles. The zero-order chi connectivity index (χ0) is 11.5. The number of nitrogens with zero attached hydrogens (tertiary/aromatic N) is 1. The van der Waals surface area contributed by atoms with Gasteiger partial charge in [0.2, 0.25) is 4.93 Å². The summed E-state index contributed by atoms with van der Waals surface area (Å²) in [6.07, 6.45) is 5.85. The lowest BCUT2D eigenvalue weighted by Crippen LogP contribution is -2.44. The summed E-state index contributed by atoms with van der Waals surface area (Å²) in [5.41, 5.74) is 0. The fraction of sp³-hybridized carbons (Fsp3) is 0.444. The molecule has 0 radical (unpaired) electrons. The average molecular weight is 248 g/mol. The molecule has 1 rings (SSSR count). The van der Waals surface area contributed by atoms with Crippen molar-refractivity contribution < 1.29 is 13.2 Å². The minimum Gasteiger partial charge on any atom is -0.353 e. The minimum absolute atomic E-state index is 0.155. The van der Waals surface area contributed by atoms with Gasteiger partial charge >= 0.3 is 0 Å². The van der Waals surface area contributed by atoms with Gasteiger partial charge in [-0.2, -0.15) is 5.26 Å². The zero-order valence-corrected chi connectivity index (χ0v) is 9.62. The van der Waals surface area contributed by atoms with Crippen LogP contribution in [0.15, 0.2) is 24.3 Å². The summed E-state index contributed by atoms with van der Waals surface area (Å²) >= 11 is 0. The van der Waals surface area contributed by atoms with Gasteiger partial charge in [0.15, 0.2) is 0 Å². The Bertz CT molecular complexity index is 435. The molecular weight excluding hydrogens is 238 g/mol. The van der Waals surface area contributed by atoms with Crippen LogP contribution in [0, 0.1) is 17.2 Å². The summed E-state index contributed by atoms with van der Waals surface area (Å²) in [4.78, 5) is -1.76. The van der Waals surface area contributed by atoms with Crippen LogP contribution in [0.3, 0.4) is 0 Å². The molecule has 0 N–H and O–H groups in total. The van der Waals surface area contributed by atoms with Gasteiger partial charge in [-0.05, 0) is 13.0 Å². The van der Waals surface area contributed by atoms with Crippen molar-refractivity contribution in [1.29, 1.82) is 5.26 Å². The van der Waals surface area contributed by atoms with Crippen LogP contribution in [0.4, 0.5) is 0 Å². The molecule has 0 bridgehead atoms. The smallest absolute Gasteiger partial charge is 0.267 e. The molecule has 6 heteroatoms. The summed E-state index contributed by atoms with van der Waals surface area (Å²) in [5.74, 6) is -0.926. The monoisotopic (exact) mass is 247 g/mol. The third kappa shape index (κ3) is 2.07. The molecule has 0 aromatic rings. The maximum atomic E-state index is 11.5. The Kier molecular flexibility index (Phi) is 3.55. The molecule has 1 aliphatic rings. The Labute approximate surface area is 93.2 Å². The van der Waals surface area contributed by atoms with Crippen molar-refractivity contribution in [2.45, 2.75) is 11.9 Å². The Hall–Kier alpha value is -0.830. The highest BCUT2D eigenvalue weighted by molar-refractivity contribution is 8.14. The van der Waals surface area contributed by atoms with E-state index in [-0.39, 0.29) is 6.61 Å². The summed E-state index contributed by atoms with van der Waals surface area (Å²) < 4.78 is 28.1. The average Bonchev–Trinajstić information content (AvgIpc) is 2.17. The lowest BCUT2D eigenvalue weighted by atomic mass is 9.98. The van der Waals surface area contributed by atoms with Crippen LogP contribution in [0.2, 0.25) is 0 Å². The number of hydrogen-bond donors (Lipinski definition) is 0. The number of ether oxygens (including phenoxy) is 1. The quantitative estimate of drug-likeness (QED) is 0.710. The summed E-state index contributed by atoms with van der Waals surface area (Å²) in [5, 5.41) is 8.88. The molecule has 15 heavy (non-hydrogen) atoms. The molecule has 82 valence electrons. The van der Waals surface area contributed by atoms with Crippen LogP contribution in [-0.2, 0) is 13.8 Å². The van der Waals surface area contributed by atoms with Crippen molar-refractivity contribution in [3.63, 3.8) is 0 Å². The van der Waals surface area contributed by atoms with Gasteiger partial charge in [-0.1, -0.05) is 18.2 Å². The highest BCUT2D eigenvalue weighted by Crippen LogP contribution is 2.36. The SMILES string of the molecule is CCOC1(S(=O)(=O)Cl)C=CC=CC1C#N. The number of rotatable bonds is 3. The van der Waals surface area contributed by atoms with Crippen LogP contribution in [-0.4, -0.2) is 20.0 Å². The van der Waals surface area contributed by atoms with E-state index in [1.807, 2.05) is 6.07 Å². The second kappa shape index (κ2) is 4.35. The van der Waals surface area contributed by atoms with Crippen molar-refractivity contribution in [2.24, 2.45) is 5.92 Å². The second-order valence-corrected chi connectivity index (χ2v) is 5.68. The molecule has 2 atom stereocenters. The van der Waals surface area contributed by atoms with Crippen molar-refractivity contribution >= 4 is 19.7 Å². The Morgan fingerprint density at radius 1 is 1.60 bits per heavy atom. The van der Waals surface area contributed by atoms with Gasteiger partial charge in [-0.25, -0.2) is 8.42 Å². The van der Waals surface area contributed by atoms with Gasteiger partial charge in [-0.3, -0.25) is 0 Å². The van der Waals surface area contributed by atoms with Crippen molar-refractivity contribution in [2.75, 3.05) is 6.61 Å². The van der Waals surface area contributed by atoms with E-state index in [2.05, 4.69) is 0 Å². The molecule has 1 aliphatic carbocycles. The number of halogens is 1. The molecule has 0 fully saturated rings. The summed E-state index contributed by atoms with van der Waals surface area (Å²) in [6, 6.07) is 1.86. The van der Waals surface area contributed by atoms with E-state index < -0.39 is 19.9 Å². The van der Waals surface area contributed by atoms with Crippen molar-refractivity contribution in [1.82, 2.24) is 0 Å². The topological polar surface area (TPSA) is 67.2 Å². The Balaban J connectivity index is 3.28. The van der Waals surface area contributed by atoms with Crippen LogP contribution in [0.1, 0.15) is 6.92 Å². The van der Waals surface area contributed by atoms with E-state index in [1.165, 1.54) is 18.2 Å². The minimum atomic E-state index is -4.02. The van der Waals surface area contributed by atoms with E-state index in [9.17, 15) is 8.42 Å². The van der Waals surface area contributed by atoms with Crippen LogP contribution in [0.25, 0.3) is 0 Å². The predicted octanol–water partition coefficient (Wildman–Crippen LogP) is 1.55.